The van der Waals surface area contributed by atoms with Gasteiger partial charge in [-0.2, -0.15) is 0 Å². The summed E-state index contributed by atoms with van der Waals surface area (Å²) in [5.41, 5.74) is 0. The maximum atomic E-state index is 11.2. The van der Waals surface area contributed by atoms with Gasteiger partial charge in [-0.25, -0.2) is 0 Å². The molecule has 0 heterocycles. The molecule has 5 heteroatoms. The standard InChI is InChI=1S/C22H42O4.Na/c1-2-3-4-5-6-7-8-9-10-11-12-13-14-15-16-17-20-26-22(25)19-18-21(23)24;/h2-20H2,1H3,(H,23,24);/q;+1/p-1. The van der Waals surface area contributed by atoms with E-state index >= 15 is 0 Å². The number of carbonyl (C=O) groups is 2. The van der Waals surface area contributed by atoms with Crippen molar-refractivity contribution in [2.75, 3.05) is 6.61 Å². The maximum absolute atomic E-state index is 11.2. The summed E-state index contributed by atoms with van der Waals surface area (Å²) < 4.78 is 4.98. The number of esters is 1. The van der Waals surface area contributed by atoms with Crippen LogP contribution in [0.4, 0.5) is 0 Å². The fraction of sp³-hybridized carbons (Fsp3) is 0.909. The second-order valence-electron chi connectivity index (χ2n) is 7.40. The van der Waals surface area contributed by atoms with E-state index < -0.39 is 11.9 Å². The van der Waals surface area contributed by atoms with Crippen molar-refractivity contribution in [3.8, 4) is 0 Å². The number of rotatable bonds is 20. The van der Waals surface area contributed by atoms with Gasteiger partial charge in [0.15, 0.2) is 0 Å². The molecule has 0 aromatic carbocycles. The molecule has 0 fully saturated rings. The number of carboxylic acid groups (broad SMARTS) is 1. The van der Waals surface area contributed by atoms with Crippen LogP contribution in [0.25, 0.3) is 0 Å². The van der Waals surface area contributed by atoms with Crippen molar-refractivity contribution in [1.82, 2.24) is 0 Å². The van der Waals surface area contributed by atoms with Gasteiger partial charge in [-0.1, -0.05) is 103 Å². The van der Waals surface area contributed by atoms with E-state index in [-0.39, 0.29) is 42.4 Å². The normalized spacial score (nSPS) is 10.4. The Bertz CT molecular complexity index is 334. The van der Waals surface area contributed by atoms with E-state index in [1.165, 1.54) is 89.9 Å². The summed E-state index contributed by atoms with van der Waals surface area (Å²) in [5.74, 6) is -1.64. The minimum atomic E-state index is -1.20. The fourth-order valence-electron chi connectivity index (χ4n) is 3.11. The number of unbranched alkanes of at least 4 members (excludes halogenated alkanes) is 15. The second-order valence-corrected chi connectivity index (χ2v) is 7.40. The zero-order valence-electron chi connectivity index (χ0n) is 18.1. The summed E-state index contributed by atoms with van der Waals surface area (Å²) >= 11 is 0. The first-order valence-corrected chi connectivity index (χ1v) is 11.0. The third-order valence-corrected chi connectivity index (χ3v) is 4.79. The largest absolute Gasteiger partial charge is 1.00 e. The Kier molecular flexibility index (Phi) is 25.9. The zero-order chi connectivity index (χ0) is 19.3. The van der Waals surface area contributed by atoms with E-state index in [0.29, 0.717) is 6.61 Å². The molecule has 0 saturated heterocycles. The maximum Gasteiger partial charge on any atom is 1.00 e. The molecule has 0 aliphatic rings. The Morgan fingerprint density at radius 3 is 1.37 bits per heavy atom. The Morgan fingerprint density at radius 1 is 0.630 bits per heavy atom. The number of carboxylic acids is 1. The molecule has 0 saturated carbocycles. The molecule has 0 aliphatic carbocycles. The van der Waals surface area contributed by atoms with Gasteiger partial charge in [0.1, 0.15) is 0 Å². The molecule has 0 unspecified atom stereocenters. The molecule has 0 spiro atoms. The van der Waals surface area contributed by atoms with Crippen LogP contribution in [0.1, 0.15) is 122 Å². The molecule has 0 atom stereocenters. The minimum absolute atomic E-state index is 0. The van der Waals surface area contributed by atoms with E-state index in [9.17, 15) is 14.7 Å². The summed E-state index contributed by atoms with van der Waals surface area (Å²) in [6, 6.07) is 0. The average molecular weight is 393 g/mol. The third kappa shape index (κ3) is 25.9. The van der Waals surface area contributed by atoms with Crippen LogP contribution >= 0.6 is 0 Å². The van der Waals surface area contributed by atoms with Gasteiger partial charge in [0.25, 0.3) is 0 Å². The van der Waals surface area contributed by atoms with Gasteiger partial charge in [-0.05, 0) is 12.8 Å². The molecule has 4 nitrogen and oxygen atoms in total. The summed E-state index contributed by atoms with van der Waals surface area (Å²) in [5, 5.41) is 10.2. The average Bonchev–Trinajstić information content (AvgIpc) is 2.62. The Hall–Kier alpha value is -0.0600. The van der Waals surface area contributed by atoms with Crippen molar-refractivity contribution in [3.63, 3.8) is 0 Å². The van der Waals surface area contributed by atoms with Crippen molar-refractivity contribution in [2.45, 2.75) is 122 Å². The van der Waals surface area contributed by atoms with Crippen LogP contribution in [0.15, 0.2) is 0 Å². The summed E-state index contributed by atoms with van der Waals surface area (Å²) in [7, 11) is 0. The van der Waals surface area contributed by atoms with Gasteiger partial charge in [0.2, 0.25) is 0 Å². The predicted octanol–water partition coefficient (Wildman–Crippen LogP) is 2.33. The Balaban J connectivity index is 0. The number of carbonyl (C=O) groups excluding carboxylic acids is 2. The smallest absolute Gasteiger partial charge is 0.550 e. The molecule has 0 N–H and O–H groups in total. The molecule has 0 aliphatic heterocycles. The van der Waals surface area contributed by atoms with Gasteiger partial charge in [-0.15, -0.1) is 0 Å². The molecule has 0 radical (unpaired) electrons. The number of hydrogen-bond acceptors (Lipinski definition) is 4. The van der Waals surface area contributed by atoms with Crippen LogP contribution in [0, 0.1) is 0 Å². The van der Waals surface area contributed by atoms with Crippen LogP contribution in [0.3, 0.4) is 0 Å². The Labute approximate surface area is 189 Å². The first-order valence-electron chi connectivity index (χ1n) is 11.0. The van der Waals surface area contributed by atoms with Gasteiger partial charge in [0.05, 0.1) is 13.0 Å². The molecule has 154 valence electrons. The van der Waals surface area contributed by atoms with Crippen LogP contribution < -0.4 is 34.7 Å². The molecule has 0 aromatic rings. The van der Waals surface area contributed by atoms with E-state index in [4.69, 9.17) is 4.74 Å². The molecule has 0 rings (SSSR count). The van der Waals surface area contributed by atoms with Crippen LogP contribution in [0.2, 0.25) is 0 Å². The van der Waals surface area contributed by atoms with Crippen molar-refractivity contribution in [2.24, 2.45) is 0 Å². The number of aliphatic carboxylic acids is 1. The van der Waals surface area contributed by atoms with Crippen LogP contribution in [0.5, 0.6) is 0 Å². The molecule has 27 heavy (non-hydrogen) atoms. The van der Waals surface area contributed by atoms with Crippen molar-refractivity contribution in [1.29, 1.82) is 0 Å². The van der Waals surface area contributed by atoms with Crippen molar-refractivity contribution < 1.29 is 49.0 Å². The monoisotopic (exact) mass is 392 g/mol. The summed E-state index contributed by atoms with van der Waals surface area (Å²) in [4.78, 5) is 21.4. The van der Waals surface area contributed by atoms with Gasteiger partial charge >= 0.3 is 35.5 Å². The van der Waals surface area contributed by atoms with Crippen LogP contribution in [-0.2, 0) is 14.3 Å². The molecular formula is C22H41NaO4. The van der Waals surface area contributed by atoms with E-state index in [2.05, 4.69) is 6.92 Å². The van der Waals surface area contributed by atoms with Crippen molar-refractivity contribution >= 4 is 11.9 Å². The topological polar surface area (TPSA) is 66.4 Å². The SMILES string of the molecule is CCCCCCCCCCCCCCCCCCOC(=O)CCC(=O)[O-].[Na+]. The predicted molar refractivity (Wildman–Crippen MR) is 105 cm³/mol. The van der Waals surface area contributed by atoms with Crippen molar-refractivity contribution in [3.05, 3.63) is 0 Å². The Morgan fingerprint density at radius 2 is 1.00 bits per heavy atom. The first kappa shape index (κ1) is 29.1. The molecule has 0 amide bonds. The number of hydrogen-bond donors (Lipinski definition) is 0. The molecule has 0 aromatic heterocycles. The minimum Gasteiger partial charge on any atom is -0.550 e. The zero-order valence-corrected chi connectivity index (χ0v) is 20.1. The van der Waals surface area contributed by atoms with E-state index in [1.54, 1.807) is 0 Å². The molecule has 0 bridgehead atoms. The first-order chi connectivity index (χ1) is 12.7. The van der Waals surface area contributed by atoms with E-state index in [1.807, 2.05) is 0 Å². The van der Waals surface area contributed by atoms with Gasteiger partial charge < -0.3 is 14.6 Å². The van der Waals surface area contributed by atoms with Gasteiger partial charge in [-0.3, -0.25) is 4.79 Å². The molecular weight excluding hydrogens is 351 g/mol. The van der Waals surface area contributed by atoms with Gasteiger partial charge in [0, 0.05) is 5.97 Å². The second kappa shape index (κ2) is 24.0. The van der Waals surface area contributed by atoms with Crippen LogP contribution in [-0.4, -0.2) is 18.5 Å². The van der Waals surface area contributed by atoms with E-state index in [0.717, 1.165) is 12.8 Å². The third-order valence-electron chi connectivity index (χ3n) is 4.79. The fourth-order valence-corrected chi connectivity index (χ4v) is 3.11. The number of ether oxygens (including phenoxy) is 1. The quantitative estimate of drug-likeness (QED) is 0.181. The summed E-state index contributed by atoms with van der Waals surface area (Å²) in [6.07, 6.45) is 20.7. The summed E-state index contributed by atoms with van der Waals surface area (Å²) in [6.45, 7) is 2.67.